The van der Waals surface area contributed by atoms with Crippen molar-refractivity contribution in [2.75, 3.05) is 13.1 Å². The van der Waals surface area contributed by atoms with Crippen molar-refractivity contribution >= 4 is 5.91 Å². The van der Waals surface area contributed by atoms with Gasteiger partial charge in [0, 0.05) is 12.0 Å². The molecule has 1 aromatic carbocycles. The van der Waals surface area contributed by atoms with Gasteiger partial charge in [-0.05, 0) is 44.5 Å². The second-order valence-corrected chi connectivity index (χ2v) is 6.29. The molecule has 0 spiro atoms. The summed E-state index contributed by atoms with van der Waals surface area (Å²) in [4.78, 5) is 17.6. The number of hydrogen-bond donors (Lipinski definition) is 1. The number of aromatic nitrogens is 2. The summed E-state index contributed by atoms with van der Waals surface area (Å²) in [6, 6.07) is 4.58. The van der Waals surface area contributed by atoms with Crippen LogP contribution in [-0.4, -0.2) is 40.1 Å². The molecule has 0 bridgehead atoms. The highest BCUT2D eigenvalue weighted by Crippen LogP contribution is 2.31. The summed E-state index contributed by atoms with van der Waals surface area (Å²) in [7, 11) is 0. The summed E-state index contributed by atoms with van der Waals surface area (Å²) >= 11 is 0. The molecule has 6 nitrogen and oxygen atoms in total. The Labute approximate surface area is 148 Å². The Kier molecular flexibility index (Phi) is 5.26. The van der Waals surface area contributed by atoms with Gasteiger partial charge in [0.1, 0.15) is 0 Å². The van der Waals surface area contributed by atoms with E-state index < -0.39 is 11.7 Å². The number of likely N-dealkylation sites (tertiary alicyclic amines) is 1. The SMILES string of the molecule is NC(=O)C1CCCN1CCCc1nc(-c2cccc(C(F)(F)F)c2)no1. The third-order valence-electron chi connectivity index (χ3n) is 4.44. The molecule has 2 N–H and O–H groups in total. The molecule has 1 saturated heterocycles. The zero-order valence-corrected chi connectivity index (χ0v) is 14.0. The lowest BCUT2D eigenvalue weighted by molar-refractivity contribution is -0.137. The maximum Gasteiger partial charge on any atom is 0.416 e. The Morgan fingerprint density at radius 3 is 2.92 bits per heavy atom. The van der Waals surface area contributed by atoms with Gasteiger partial charge in [0.25, 0.3) is 0 Å². The maximum atomic E-state index is 12.8. The molecule has 1 atom stereocenters. The number of carbonyl (C=O) groups is 1. The minimum atomic E-state index is -4.42. The number of alkyl halides is 3. The molecule has 1 aromatic heterocycles. The van der Waals surface area contributed by atoms with Gasteiger partial charge >= 0.3 is 6.18 Å². The van der Waals surface area contributed by atoms with Crippen LogP contribution in [0.5, 0.6) is 0 Å². The van der Waals surface area contributed by atoms with Crippen LogP contribution < -0.4 is 5.73 Å². The molecule has 0 aliphatic carbocycles. The van der Waals surface area contributed by atoms with Crippen LogP contribution in [0.4, 0.5) is 13.2 Å². The van der Waals surface area contributed by atoms with Gasteiger partial charge in [-0.25, -0.2) is 0 Å². The summed E-state index contributed by atoms with van der Waals surface area (Å²) in [5.74, 6) is 0.168. The van der Waals surface area contributed by atoms with E-state index in [-0.39, 0.29) is 23.3 Å². The third kappa shape index (κ3) is 4.21. The van der Waals surface area contributed by atoms with E-state index in [0.29, 0.717) is 25.3 Å². The molecule has 2 aromatic rings. The zero-order chi connectivity index (χ0) is 18.7. The van der Waals surface area contributed by atoms with Crippen LogP contribution in [-0.2, 0) is 17.4 Å². The first kappa shape index (κ1) is 18.4. The van der Waals surface area contributed by atoms with E-state index in [4.69, 9.17) is 10.3 Å². The molecule has 1 amide bonds. The number of benzene rings is 1. The number of nitrogens with two attached hydrogens (primary N) is 1. The second kappa shape index (κ2) is 7.45. The first-order valence-corrected chi connectivity index (χ1v) is 8.38. The van der Waals surface area contributed by atoms with Gasteiger partial charge in [0.15, 0.2) is 0 Å². The Hall–Kier alpha value is -2.42. The standard InChI is InChI=1S/C17H19F3N4O2/c18-17(19,20)12-5-1-4-11(10-12)16-22-14(26-23-16)7-3-9-24-8-2-6-13(24)15(21)25/h1,4-5,10,13H,2-3,6-9H2,(H2,21,25). The van der Waals surface area contributed by atoms with Crippen molar-refractivity contribution in [3.05, 3.63) is 35.7 Å². The fourth-order valence-corrected chi connectivity index (χ4v) is 3.16. The number of hydrogen-bond acceptors (Lipinski definition) is 5. The van der Waals surface area contributed by atoms with Gasteiger partial charge in [0.2, 0.25) is 17.6 Å². The van der Waals surface area contributed by atoms with Gasteiger partial charge in [-0.1, -0.05) is 17.3 Å². The summed E-state index contributed by atoms with van der Waals surface area (Å²) < 4.78 is 43.5. The van der Waals surface area contributed by atoms with Crippen LogP contribution >= 0.6 is 0 Å². The molecule has 1 aliphatic rings. The summed E-state index contributed by atoms with van der Waals surface area (Å²) in [5, 5.41) is 3.76. The minimum Gasteiger partial charge on any atom is -0.368 e. The molecule has 2 heterocycles. The van der Waals surface area contributed by atoms with E-state index in [1.807, 2.05) is 4.90 Å². The van der Waals surface area contributed by atoms with E-state index in [1.54, 1.807) is 0 Å². The fraction of sp³-hybridized carbons (Fsp3) is 0.471. The predicted octanol–water partition coefficient (Wildman–Crippen LogP) is 2.64. The average Bonchev–Trinajstić information content (AvgIpc) is 3.24. The van der Waals surface area contributed by atoms with E-state index in [0.717, 1.165) is 31.5 Å². The first-order valence-electron chi connectivity index (χ1n) is 8.38. The lowest BCUT2D eigenvalue weighted by Gasteiger charge is -2.21. The quantitative estimate of drug-likeness (QED) is 0.847. The van der Waals surface area contributed by atoms with Crippen molar-refractivity contribution in [2.45, 2.75) is 37.9 Å². The summed E-state index contributed by atoms with van der Waals surface area (Å²) in [6.45, 7) is 1.50. The first-order chi connectivity index (χ1) is 12.3. The minimum absolute atomic E-state index is 0.127. The average molecular weight is 368 g/mol. The summed E-state index contributed by atoms with van der Waals surface area (Å²) in [6.07, 6.45) is -1.54. The van der Waals surface area contributed by atoms with Crippen LogP contribution in [0, 0.1) is 0 Å². The molecule has 26 heavy (non-hydrogen) atoms. The molecule has 9 heteroatoms. The van der Waals surface area contributed by atoms with E-state index >= 15 is 0 Å². The lowest BCUT2D eigenvalue weighted by atomic mass is 10.1. The van der Waals surface area contributed by atoms with E-state index in [1.165, 1.54) is 12.1 Å². The van der Waals surface area contributed by atoms with Gasteiger partial charge < -0.3 is 10.3 Å². The molecule has 140 valence electrons. The highest BCUT2D eigenvalue weighted by atomic mass is 19.4. The normalized spacial score (nSPS) is 18.3. The number of carbonyl (C=O) groups excluding carboxylic acids is 1. The number of rotatable bonds is 6. The van der Waals surface area contributed by atoms with E-state index in [9.17, 15) is 18.0 Å². The molecule has 1 aliphatic heterocycles. The van der Waals surface area contributed by atoms with Crippen molar-refractivity contribution in [1.29, 1.82) is 0 Å². The summed E-state index contributed by atoms with van der Waals surface area (Å²) in [5.41, 5.74) is 4.88. The maximum absolute atomic E-state index is 12.8. The third-order valence-corrected chi connectivity index (χ3v) is 4.44. The Morgan fingerprint density at radius 2 is 2.19 bits per heavy atom. The van der Waals surface area contributed by atoms with Crippen LogP contribution in [0.15, 0.2) is 28.8 Å². The van der Waals surface area contributed by atoms with Gasteiger partial charge in [0.05, 0.1) is 11.6 Å². The highest BCUT2D eigenvalue weighted by molar-refractivity contribution is 5.80. The topological polar surface area (TPSA) is 85.3 Å². The van der Waals surface area contributed by atoms with Crippen LogP contribution in [0.3, 0.4) is 0 Å². The van der Waals surface area contributed by atoms with Crippen molar-refractivity contribution in [1.82, 2.24) is 15.0 Å². The number of amides is 1. The molecule has 3 rings (SSSR count). The van der Waals surface area contributed by atoms with Crippen LogP contribution in [0.2, 0.25) is 0 Å². The van der Waals surface area contributed by atoms with Gasteiger partial charge in [-0.2, -0.15) is 18.2 Å². The van der Waals surface area contributed by atoms with Gasteiger partial charge in [-0.15, -0.1) is 0 Å². The van der Waals surface area contributed by atoms with Crippen molar-refractivity contribution in [3.63, 3.8) is 0 Å². The van der Waals surface area contributed by atoms with Crippen molar-refractivity contribution in [2.24, 2.45) is 5.73 Å². The molecule has 0 saturated carbocycles. The van der Waals surface area contributed by atoms with Crippen LogP contribution in [0.1, 0.15) is 30.7 Å². The monoisotopic (exact) mass is 368 g/mol. The highest BCUT2D eigenvalue weighted by Gasteiger charge is 2.31. The Morgan fingerprint density at radius 1 is 1.38 bits per heavy atom. The lowest BCUT2D eigenvalue weighted by Crippen LogP contribution is -2.40. The van der Waals surface area contributed by atoms with Crippen molar-refractivity contribution in [3.8, 4) is 11.4 Å². The molecular formula is C17H19F3N4O2. The number of nitrogens with zero attached hydrogens (tertiary/aromatic N) is 3. The number of halogens is 3. The number of aryl methyl sites for hydroxylation is 1. The Bertz CT molecular complexity index is 775. The molecule has 1 fully saturated rings. The Balaban J connectivity index is 1.59. The van der Waals surface area contributed by atoms with Crippen molar-refractivity contribution < 1.29 is 22.5 Å². The second-order valence-electron chi connectivity index (χ2n) is 6.29. The molecule has 1 unspecified atom stereocenters. The largest absolute Gasteiger partial charge is 0.416 e. The van der Waals surface area contributed by atoms with E-state index in [2.05, 4.69) is 10.1 Å². The molecule has 0 radical (unpaired) electrons. The smallest absolute Gasteiger partial charge is 0.368 e. The fourth-order valence-electron chi connectivity index (χ4n) is 3.16. The number of primary amides is 1. The predicted molar refractivity (Wildman–Crippen MR) is 86.8 cm³/mol. The van der Waals surface area contributed by atoms with Gasteiger partial charge in [-0.3, -0.25) is 9.69 Å². The zero-order valence-electron chi connectivity index (χ0n) is 14.0. The van der Waals surface area contributed by atoms with Crippen LogP contribution in [0.25, 0.3) is 11.4 Å². The molecular weight excluding hydrogens is 349 g/mol.